The van der Waals surface area contributed by atoms with Crippen LogP contribution in [-0.2, 0) is 4.79 Å². The highest BCUT2D eigenvalue weighted by atomic mass is 19.1. The number of hydrogen-bond donors (Lipinski definition) is 2. The summed E-state index contributed by atoms with van der Waals surface area (Å²) in [6.07, 6.45) is -0.867. The minimum absolute atomic E-state index is 0.0243. The van der Waals surface area contributed by atoms with Crippen LogP contribution >= 0.6 is 0 Å². The number of benzene rings is 1. The standard InChI is InChI=1S/C15H22FNO3/c1-10(20-12-9-7-6-8-11(12)16)13(18)17-14(2,3)15(4,5)19/h6-10,19H,1-5H3,(H,17,18). The van der Waals surface area contributed by atoms with Crippen molar-refractivity contribution in [3.63, 3.8) is 0 Å². The topological polar surface area (TPSA) is 58.6 Å². The molecule has 4 nitrogen and oxygen atoms in total. The maximum atomic E-state index is 13.4. The third-order valence-corrected chi connectivity index (χ3v) is 3.47. The monoisotopic (exact) mass is 283 g/mol. The lowest BCUT2D eigenvalue weighted by Gasteiger charge is -2.38. The highest BCUT2D eigenvalue weighted by molar-refractivity contribution is 5.81. The van der Waals surface area contributed by atoms with E-state index in [1.807, 2.05) is 0 Å². The molecule has 0 aliphatic carbocycles. The second-order valence-electron chi connectivity index (χ2n) is 5.86. The van der Waals surface area contributed by atoms with Gasteiger partial charge in [0.25, 0.3) is 5.91 Å². The third kappa shape index (κ3) is 3.93. The summed E-state index contributed by atoms with van der Waals surface area (Å²) >= 11 is 0. The number of halogens is 1. The molecule has 1 aromatic carbocycles. The summed E-state index contributed by atoms with van der Waals surface area (Å²) in [5.74, 6) is -0.912. The Labute approximate surface area is 119 Å². The van der Waals surface area contributed by atoms with Gasteiger partial charge in [-0.25, -0.2) is 4.39 Å². The van der Waals surface area contributed by atoms with Crippen molar-refractivity contribution >= 4 is 5.91 Å². The van der Waals surface area contributed by atoms with E-state index in [4.69, 9.17) is 4.74 Å². The predicted octanol–water partition coefficient (Wildman–Crippen LogP) is 2.26. The van der Waals surface area contributed by atoms with Crippen molar-refractivity contribution in [1.29, 1.82) is 0 Å². The van der Waals surface area contributed by atoms with Gasteiger partial charge in [0, 0.05) is 0 Å². The number of carbonyl (C=O) groups is 1. The average molecular weight is 283 g/mol. The van der Waals surface area contributed by atoms with Gasteiger partial charge in [-0.3, -0.25) is 4.79 Å². The fraction of sp³-hybridized carbons (Fsp3) is 0.533. The zero-order valence-corrected chi connectivity index (χ0v) is 12.5. The molecule has 0 fully saturated rings. The molecule has 0 saturated carbocycles. The van der Waals surface area contributed by atoms with Gasteiger partial charge in [-0.05, 0) is 46.8 Å². The van der Waals surface area contributed by atoms with E-state index in [1.54, 1.807) is 39.8 Å². The number of nitrogens with one attached hydrogen (secondary N) is 1. The molecule has 1 amide bonds. The zero-order valence-electron chi connectivity index (χ0n) is 12.5. The van der Waals surface area contributed by atoms with Crippen molar-refractivity contribution in [3.05, 3.63) is 30.1 Å². The lowest BCUT2D eigenvalue weighted by atomic mass is 9.86. The lowest BCUT2D eigenvalue weighted by molar-refractivity contribution is -0.132. The maximum absolute atomic E-state index is 13.4. The van der Waals surface area contributed by atoms with Crippen molar-refractivity contribution in [1.82, 2.24) is 5.32 Å². The smallest absolute Gasteiger partial charge is 0.261 e. The highest BCUT2D eigenvalue weighted by Crippen LogP contribution is 2.21. The number of hydrogen-bond acceptors (Lipinski definition) is 3. The Hall–Kier alpha value is -1.62. The predicted molar refractivity (Wildman–Crippen MR) is 75.0 cm³/mol. The van der Waals surface area contributed by atoms with Crippen molar-refractivity contribution in [3.8, 4) is 5.75 Å². The van der Waals surface area contributed by atoms with E-state index < -0.39 is 29.0 Å². The normalized spacial score (nSPS) is 13.8. The quantitative estimate of drug-likeness (QED) is 0.871. The second-order valence-corrected chi connectivity index (χ2v) is 5.86. The Bertz CT molecular complexity index is 480. The van der Waals surface area contributed by atoms with Gasteiger partial charge in [0.15, 0.2) is 17.7 Å². The minimum Gasteiger partial charge on any atom is -0.478 e. The molecule has 0 spiro atoms. The molecule has 1 rings (SSSR count). The summed E-state index contributed by atoms with van der Waals surface area (Å²) in [6.45, 7) is 8.16. The van der Waals surface area contributed by atoms with E-state index in [0.29, 0.717) is 0 Å². The molecular weight excluding hydrogens is 261 g/mol. The number of para-hydroxylation sites is 1. The van der Waals surface area contributed by atoms with Crippen molar-refractivity contribution in [2.45, 2.75) is 51.9 Å². The zero-order chi connectivity index (χ0) is 15.6. The molecule has 1 aromatic rings. The maximum Gasteiger partial charge on any atom is 0.261 e. The molecule has 0 bridgehead atoms. The van der Waals surface area contributed by atoms with E-state index in [2.05, 4.69) is 5.32 Å². The van der Waals surface area contributed by atoms with Gasteiger partial charge in [0.05, 0.1) is 11.1 Å². The van der Waals surface area contributed by atoms with E-state index in [1.165, 1.54) is 19.1 Å². The van der Waals surface area contributed by atoms with Gasteiger partial charge < -0.3 is 15.2 Å². The molecule has 1 atom stereocenters. The van der Waals surface area contributed by atoms with Crippen molar-refractivity contribution in [2.75, 3.05) is 0 Å². The van der Waals surface area contributed by atoms with Gasteiger partial charge >= 0.3 is 0 Å². The molecule has 1 unspecified atom stereocenters. The summed E-state index contributed by atoms with van der Waals surface area (Å²) in [4.78, 5) is 12.1. The first-order valence-electron chi connectivity index (χ1n) is 6.50. The summed E-state index contributed by atoms with van der Waals surface area (Å²) in [6, 6.07) is 5.90. The van der Waals surface area contributed by atoms with Crippen molar-refractivity contribution < 1.29 is 19.0 Å². The fourth-order valence-corrected chi connectivity index (χ4v) is 1.35. The third-order valence-electron chi connectivity index (χ3n) is 3.47. The van der Waals surface area contributed by atoms with Crippen LogP contribution in [-0.4, -0.2) is 28.3 Å². The first-order chi connectivity index (χ1) is 9.04. The summed E-state index contributed by atoms with van der Waals surface area (Å²) < 4.78 is 18.7. The minimum atomic E-state index is -1.10. The fourth-order valence-electron chi connectivity index (χ4n) is 1.35. The van der Waals surface area contributed by atoms with E-state index >= 15 is 0 Å². The molecule has 0 radical (unpaired) electrons. The molecule has 0 aliphatic rings. The van der Waals surface area contributed by atoms with Gasteiger partial charge in [-0.15, -0.1) is 0 Å². The lowest BCUT2D eigenvalue weighted by Crippen LogP contribution is -2.59. The average Bonchev–Trinajstić information content (AvgIpc) is 2.30. The molecule has 112 valence electrons. The largest absolute Gasteiger partial charge is 0.478 e. The van der Waals surface area contributed by atoms with E-state index in [-0.39, 0.29) is 5.75 Å². The van der Waals surface area contributed by atoms with Crippen LogP contribution in [0, 0.1) is 5.82 Å². The van der Waals surface area contributed by atoms with Crippen LogP contribution < -0.4 is 10.1 Å². The summed E-state index contributed by atoms with van der Waals surface area (Å²) in [7, 11) is 0. The molecular formula is C15H22FNO3. The van der Waals surface area contributed by atoms with Crippen LogP contribution in [0.2, 0.25) is 0 Å². The summed E-state index contributed by atoms with van der Waals surface area (Å²) in [5, 5.41) is 12.7. The van der Waals surface area contributed by atoms with E-state index in [0.717, 1.165) is 0 Å². The highest BCUT2D eigenvalue weighted by Gasteiger charge is 2.37. The first-order valence-corrected chi connectivity index (χ1v) is 6.50. The van der Waals surface area contributed by atoms with Crippen LogP contribution in [0.1, 0.15) is 34.6 Å². The van der Waals surface area contributed by atoms with Crippen LogP contribution in [0.3, 0.4) is 0 Å². The van der Waals surface area contributed by atoms with Crippen LogP contribution in [0.15, 0.2) is 24.3 Å². The summed E-state index contributed by atoms with van der Waals surface area (Å²) in [5.41, 5.74) is -1.93. The van der Waals surface area contributed by atoms with Crippen LogP contribution in [0.25, 0.3) is 0 Å². The molecule has 0 heterocycles. The molecule has 20 heavy (non-hydrogen) atoms. The molecule has 0 aromatic heterocycles. The Kier molecular flexibility index (Phi) is 4.76. The van der Waals surface area contributed by atoms with E-state index in [9.17, 15) is 14.3 Å². The van der Waals surface area contributed by atoms with Gasteiger partial charge in [0.2, 0.25) is 0 Å². The Balaban J connectivity index is 2.72. The van der Waals surface area contributed by atoms with Gasteiger partial charge in [-0.1, -0.05) is 12.1 Å². The first kappa shape index (κ1) is 16.4. The number of rotatable bonds is 5. The SMILES string of the molecule is CC(Oc1ccccc1F)C(=O)NC(C)(C)C(C)(C)O. The van der Waals surface area contributed by atoms with Crippen LogP contribution in [0.4, 0.5) is 4.39 Å². The van der Waals surface area contributed by atoms with Gasteiger partial charge in [-0.2, -0.15) is 0 Å². The number of carbonyl (C=O) groups excluding carboxylic acids is 1. The Morgan fingerprint density at radius 3 is 2.35 bits per heavy atom. The molecule has 2 N–H and O–H groups in total. The number of amides is 1. The molecule has 0 aliphatic heterocycles. The second kappa shape index (κ2) is 5.79. The van der Waals surface area contributed by atoms with Crippen LogP contribution in [0.5, 0.6) is 5.75 Å². The van der Waals surface area contributed by atoms with Gasteiger partial charge in [0.1, 0.15) is 0 Å². The molecule has 5 heteroatoms. The Morgan fingerprint density at radius 2 is 1.85 bits per heavy atom. The van der Waals surface area contributed by atoms with Crippen molar-refractivity contribution in [2.24, 2.45) is 0 Å². The number of ether oxygens (including phenoxy) is 1. The number of aliphatic hydroxyl groups is 1. The Morgan fingerprint density at radius 1 is 1.30 bits per heavy atom. The molecule has 0 saturated heterocycles.